The highest BCUT2D eigenvalue weighted by atomic mass is 19.4. The number of ether oxygens (including phenoxy) is 1. The predicted octanol–water partition coefficient (Wildman–Crippen LogP) is 7.54. The topological polar surface area (TPSA) is 71.5 Å². The number of esters is 1. The Morgan fingerprint density at radius 2 is 1.68 bits per heavy atom. The van der Waals surface area contributed by atoms with Crippen LogP contribution in [0.25, 0.3) is 22.0 Å². The fourth-order valence-corrected chi connectivity index (χ4v) is 4.64. The van der Waals surface area contributed by atoms with Gasteiger partial charge in [-0.2, -0.15) is 13.2 Å². The van der Waals surface area contributed by atoms with Crippen LogP contribution in [0.5, 0.6) is 5.75 Å². The fourth-order valence-electron chi connectivity index (χ4n) is 4.64. The number of halogens is 3. The molecule has 0 fully saturated rings. The highest BCUT2D eigenvalue weighted by molar-refractivity contribution is 5.98. The molecule has 1 atom stereocenters. The van der Waals surface area contributed by atoms with Gasteiger partial charge in [-0.1, -0.05) is 66.7 Å². The van der Waals surface area contributed by atoms with Crippen molar-refractivity contribution in [3.05, 3.63) is 126 Å². The molecule has 1 unspecified atom stereocenters. The van der Waals surface area contributed by atoms with E-state index in [0.717, 1.165) is 17.3 Å². The second-order valence-corrected chi connectivity index (χ2v) is 9.27. The second-order valence-electron chi connectivity index (χ2n) is 9.27. The number of aromatic nitrogens is 1. The molecule has 0 radical (unpaired) electrons. The number of rotatable bonds is 7. The van der Waals surface area contributed by atoms with Crippen LogP contribution in [0.3, 0.4) is 0 Å². The molecule has 0 saturated carbocycles. The SMILES string of the molecule is CC(=O)Oc1ccc(CNc2cccc(-c3c(C(O)c4ccccc4)cnc4c(C(F)(F)F)cccc34)c2)cc1. The molecule has 0 aliphatic carbocycles. The van der Waals surface area contributed by atoms with E-state index in [1.165, 1.54) is 19.2 Å². The normalized spacial score (nSPS) is 12.2. The lowest BCUT2D eigenvalue weighted by Crippen LogP contribution is -2.09. The van der Waals surface area contributed by atoms with Crippen LogP contribution in [0.1, 0.15) is 35.3 Å². The molecular formula is C32H25F3N2O3. The number of aliphatic hydroxyl groups is 1. The Morgan fingerprint density at radius 3 is 2.38 bits per heavy atom. The van der Waals surface area contributed by atoms with Gasteiger partial charge < -0.3 is 15.2 Å². The molecule has 5 nitrogen and oxygen atoms in total. The molecule has 4 aromatic carbocycles. The molecule has 0 aliphatic heterocycles. The number of aliphatic hydroxyl groups excluding tert-OH is 1. The fraction of sp³-hybridized carbons (Fsp3) is 0.125. The maximum atomic E-state index is 13.9. The van der Waals surface area contributed by atoms with Gasteiger partial charge in [-0.15, -0.1) is 0 Å². The number of alkyl halides is 3. The summed E-state index contributed by atoms with van der Waals surface area (Å²) in [7, 11) is 0. The summed E-state index contributed by atoms with van der Waals surface area (Å²) in [6.45, 7) is 1.79. The maximum absolute atomic E-state index is 13.9. The number of anilines is 1. The number of hydrogen-bond donors (Lipinski definition) is 2. The van der Waals surface area contributed by atoms with Crippen molar-refractivity contribution >= 4 is 22.6 Å². The quantitative estimate of drug-likeness (QED) is 0.164. The molecular weight excluding hydrogens is 517 g/mol. The molecule has 2 N–H and O–H groups in total. The van der Waals surface area contributed by atoms with Crippen LogP contribution in [0.2, 0.25) is 0 Å². The summed E-state index contributed by atoms with van der Waals surface area (Å²) in [6.07, 6.45) is -4.36. The first-order valence-corrected chi connectivity index (χ1v) is 12.5. The maximum Gasteiger partial charge on any atom is 0.418 e. The van der Waals surface area contributed by atoms with E-state index in [-0.39, 0.29) is 5.52 Å². The molecule has 0 bridgehead atoms. The summed E-state index contributed by atoms with van der Waals surface area (Å²) in [5.74, 6) is 0.0518. The van der Waals surface area contributed by atoms with Crippen LogP contribution in [-0.4, -0.2) is 16.1 Å². The molecule has 5 rings (SSSR count). The Kier molecular flexibility index (Phi) is 7.53. The molecule has 5 aromatic rings. The van der Waals surface area contributed by atoms with Gasteiger partial charge in [0.15, 0.2) is 0 Å². The number of carbonyl (C=O) groups is 1. The molecule has 1 aromatic heterocycles. The lowest BCUT2D eigenvalue weighted by atomic mass is 9.90. The van der Waals surface area contributed by atoms with Crippen molar-refractivity contribution in [2.45, 2.75) is 25.7 Å². The van der Waals surface area contributed by atoms with Gasteiger partial charge in [0.1, 0.15) is 11.9 Å². The summed E-state index contributed by atoms with van der Waals surface area (Å²) in [4.78, 5) is 15.3. The Balaban J connectivity index is 1.55. The second kappa shape index (κ2) is 11.2. The van der Waals surface area contributed by atoms with E-state index in [9.17, 15) is 23.1 Å². The number of nitrogens with zero attached hydrogens (tertiary/aromatic N) is 1. The van der Waals surface area contributed by atoms with Gasteiger partial charge in [0.25, 0.3) is 0 Å². The van der Waals surface area contributed by atoms with Crippen molar-refractivity contribution in [3.8, 4) is 16.9 Å². The minimum atomic E-state index is -4.59. The van der Waals surface area contributed by atoms with Crippen LogP contribution >= 0.6 is 0 Å². The number of carbonyl (C=O) groups excluding carboxylic acids is 1. The van der Waals surface area contributed by atoms with E-state index in [2.05, 4.69) is 10.3 Å². The number of pyridine rings is 1. The standard InChI is InChI=1S/C32H25F3N2O3/c1-20(38)40-25-15-13-21(14-16-25)18-36-24-10-5-9-23(17-24)29-26-11-6-12-28(32(33,34)35)30(26)37-19-27(29)31(39)22-7-3-2-4-8-22/h2-17,19,31,36,39H,18H2,1H3. The van der Waals surface area contributed by atoms with Crippen molar-refractivity contribution in [2.75, 3.05) is 5.32 Å². The molecule has 40 heavy (non-hydrogen) atoms. The summed E-state index contributed by atoms with van der Waals surface area (Å²) in [5, 5.41) is 14.9. The zero-order chi connectivity index (χ0) is 28.3. The first-order chi connectivity index (χ1) is 19.2. The Bertz CT molecular complexity index is 1650. The highest BCUT2D eigenvalue weighted by Crippen LogP contribution is 2.41. The van der Waals surface area contributed by atoms with Crippen LogP contribution in [-0.2, 0) is 17.5 Å². The van der Waals surface area contributed by atoms with Crippen molar-refractivity contribution in [1.82, 2.24) is 4.98 Å². The van der Waals surface area contributed by atoms with E-state index in [0.29, 0.717) is 39.9 Å². The Labute approximate surface area is 228 Å². The minimum Gasteiger partial charge on any atom is -0.427 e. The van der Waals surface area contributed by atoms with Gasteiger partial charge in [0.2, 0.25) is 0 Å². The smallest absolute Gasteiger partial charge is 0.418 e. The molecule has 202 valence electrons. The van der Waals surface area contributed by atoms with E-state index >= 15 is 0 Å². The largest absolute Gasteiger partial charge is 0.427 e. The molecule has 0 amide bonds. The highest BCUT2D eigenvalue weighted by Gasteiger charge is 2.34. The van der Waals surface area contributed by atoms with Gasteiger partial charge >= 0.3 is 12.1 Å². The number of benzene rings is 4. The number of fused-ring (bicyclic) bond motifs is 1. The van der Waals surface area contributed by atoms with E-state index < -0.39 is 23.8 Å². The average molecular weight is 543 g/mol. The van der Waals surface area contributed by atoms with Gasteiger partial charge in [0.05, 0.1) is 11.1 Å². The van der Waals surface area contributed by atoms with Crippen molar-refractivity contribution in [3.63, 3.8) is 0 Å². The molecule has 0 saturated heterocycles. The van der Waals surface area contributed by atoms with Gasteiger partial charge in [-0.25, -0.2) is 0 Å². The van der Waals surface area contributed by atoms with Gasteiger partial charge in [-0.3, -0.25) is 9.78 Å². The molecule has 8 heteroatoms. The third-order valence-electron chi connectivity index (χ3n) is 6.47. The average Bonchev–Trinajstić information content (AvgIpc) is 2.95. The third-order valence-corrected chi connectivity index (χ3v) is 6.47. The van der Waals surface area contributed by atoms with E-state index in [1.807, 2.05) is 30.3 Å². The van der Waals surface area contributed by atoms with Crippen LogP contribution in [0.15, 0.2) is 103 Å². The Hall–Kier alpha value is -4.69. The lowest BCUT2D eigenvalue weighted by molar-refractivity contribution is -0.136. The van der Waals surface area contributed by atoms with Crippen molar-refractivity contribution in [2.24, 2.45) is 0 Å². The summed E-state index contributed by atoms with van der Waals surface area (Å²) in [6, 6.07) is 27.3. The first-order valence-electron chi connectivity index (χ1n) is 12.5. The van der Waals surface area contributed by atoms with Crippen LogP contribution in [0.4, 0.5) is 18.9 Å². The van der Waals surface area contributed by atoms with Crippen molar-refractivity contribution in [1.29, 1.82) is 0 Å². The van der Waals surface area contributed by atoms with Gasteiger partial charge in [0, 0.05) is 36.3 Å². The monoisotopic (exact) mass is 542 g/mol. The van der Waals surface area contributed by atoms with E-state index in [4.69, 9.17) is 4.74 Å². The van der Waals surface area contributed by atoms with E-state index in [1.54, 1.807) is 54.6 Å². The summed E-state index contributed by atoms with van der Waals surface area (Å²) in [5.41, 5.74) is 2.76. The molecule has 1 heterocycles. The number of hydrogen-bond acceptors (Lipinski definition) is 5. The minimum absolute atomic E-state index is 0.180. The van der Waals surface area contributed by atoms with Crippen LogP contribution in [0, 0.1) is 0 Å². The Morgan fingerprint density at radius 1 is 0.950 bits per heavy atom. The van der Waals surface area contributed by atoms with Crippen LogP contribution < -0.4 is 10.1 Å². The molecule has 0 aliphatic rings. The third kappa shape index (κ3) is 5.82. The van der Waals surface area contributed by atoms with Crippen molar-refractivity contribution < 1.29 is 27.8 Å². The summed E-state index contributed by atoms with van der Waals surface area (Å²) < 4.78 is 46.7. The first kappa shape index (κ1) is 26.9. The zero-order valence-corrected chi connectivity index (χ0v) is 21.4. The number of para-hydroxylation sites is 1. The lowest BCUT2D eigenvalue weighted by Gasteiger charge is -2.20. The molecule has 0 spiro atoms. The van der Waals surface area contributed by atoms with Gasteiger partial charge in [-0.05, 0) is 52.6 Å². The summed E-state index contributed by atoms with van der Waals surface area (Å²) >= 11 is 0. The predicted molar refractivity (Wildman–Crippen MR) is 148 cm³/mol. The zero-order valence-electron chi connectivity index (χ0n) is 21.4. The number of nitrogens with one attached hydrogen (secondary N) is 1.